The van der Waals surface area contributed by atoms with E-state index >= 15 is 0 Å². The molecule has 0 aromatic carbocycles. The zero-order valence-electron chi connectivity index (χ0n) is 8.55. The number of hydrogen-bond donors (Lipinski definition) is 1. The number of rotatable bonds is 6. The van der Waals surface area contributed by atoms with Gasteiger partial charge in [0.2, 0.25) is 0 Å². The molecule has 0 bridgehead atoms. The first-order chi connectivity index (χ1) is 7.08. The summed E-state index contributed by atoms with van der Waals surface area (Å²) in [4.78, 5) is 10.2. The van der Waals surface area contributed by atoms with Crippen LogP contribution in [0.25, 0.3) is 0 Å². The lowest BCUT2D eigenvalue weighted by molar-refractivity contribution is -0.136. The molecule has 1 unspecified atom stereocenters. The van der Waals surface area contributed by atoms with Gasteiger partial charge in [-0.1, -0.05) is 0 Å². The summed E-state index contributed by atoms with van der Waals surface area (Å²) in [6.07, 6.45) is 4.25. The number of nitrogens with zero attached hydrogens (tertiary/aromatic N) is 2. The van der Waals surface area contributed by atoms with Crippen molar-refractivity contribution >= 4 is 16.8 Å². The van der Waals surface area contributed by atoms with E-state index in [9.17, 15) is 9.00 Å². The van der Waals surface area contributed by atoms with Gasteiger partial charge in [0.25, 0.3) is 0 Å². The molecular weight excluding hydrogens is 216 g/mol. The predicted molar refractivity (Wildman–Crippen MR) is 57.0 cm³/mol. The van der Waals surface area contributed by atoms with Crippen LogP contribution < -0.4 is 0 Å². The second-order valence-corrected chi connectivity index (χ2v) is 4.96. The van der Waals surface area contributed by atoms with Gasteiger partial charge in [-0.05, 0) is 12.0 Å². The highest BCUT2D eigenvalue weighted by atomic mass is 32.2. The van der Waals surface area contributed by atoms with Crippen LogP contribution in [-0.4, -0.2) is 36.6 Å². The fraction of sp³-hybridized carbons (Fsp3) is 0.556. The first kappa shape index (κ1) is 11.9. The molecule has 0 spiro atoms. The Bertz CT molecular complexity index is 362. The SMILES string of the molecule is Cn1cc(CCS(=O)CCC(=O)O)cn1. The van der Waals surface area contributed by atoms with Crippen LogP contribution in [0.1, 0.15) is 12.0 Å². The number of aromatic nitrogens is 2. The van der Waals surface area contributed by atoms with E-state index in [1.54, 1.807) is 10.9 Å². The molecule has 0 saturated heterocycles. The number of carboxylic acids is 1. The van der Waals surface area contributed by atoms with Crippen LogP contribution in [0.2, 0.25) is 0 Å². The Morgan fingerprint density at radius 2 is 2.33 bits per heavy atom. The topological polar surface area (TPSA) is 72.2 Å². The monoisotopic (exact) mass is 230 g/mol. The highest BCUT2D eigenvalue weighted by molar-refractivity contribution is 7.84. The van der Waals surface area contributed by atoms with Gasteiger partial charge >= 0.3 is 5.97 Å². The molecule has 6 heteroatoms. The number of carboxylic acid groups (broad SMARTS) is 1. The third-order valence-electron chi connectivity index (χ3n) is 1.92. The molecule has 1 heterocycles. The first-order valence-electron chi connectivity index (χ1n) is 4.62. The molecule has 0 radical (unpaired) electrons. The van der Waals surface area contributed by atoms with E-state index in [0.29, 0.717) is 12.2 Å². The average molecular weight is 230 g/mol. The minimum Gasteiger partial charge on any atom is -0.481 e. The van der Waals surface area contributed by atoms with Crippen LogP contribution in [0.4, 0.5) is 0 Å². The van der Waals surface area contributed by atoms with Crippen LogP contribution in [-0.2, 0) is 29.1 Å². The second-order valence-electron chi connectivity index (χ2n) is 3.26. The predicted octanol–water partition coefficient (Wildman–Crippen LogP) is 0.186. The molecule has 1 aromatic heterocycles. The molecule has 0 aliphatic rings. The molecule has 84 valence electrons. The lowest BCUT2D eigenvalue weighted by Gasteiger charge is -1.98. The van der Waals surface area contributed by atoms with Crippen molar-refractivity contribution in [1.29, 1.82) is 0 Å². The number of aryl methyl sites for hydroxylation is 2. The zero-order valence-corrected chi connectivity index (χ0v) is 9.37. The Morgan fingerprint density at radius 3 is 2.87 bits per heavy atom. The summed E-state index contributed by atoms with van der Waals surface area (Å²) in [5.41, 5.74) is 1.03. The average Bonchev–Trinajstić information content (AvgIpc) is 2.58. The molecule has 5 nitrogen and oxygen atoms in total. The molecule has 15 heavy (non-hydrogen) atoms. The summed E-state index contributed by atoms with van der Waals surface area (Å²) < 4.78 is 13.0. The van der Waals surface area contributed by atoms with Crippen LogP contribution in [0, 0.1) is 0 Å². The first-order valence-corrected chi connectivity index (χ1v) is 6.11. The van der Waals surface area contributed by atoms with E-state index in [0.717, 1.165) is 5.56 Å². The van der Waals surface area contributed by atoms with Gasteiger partial charge in [-0.3, -0.25) is 13.7 Å². The summed E-state index contributed by atoms with van der Waals surface area (Å²) in [5.74, 6) is -0.168. The fourth-order valence-corrected chi connectivity index (χ4v) is 2.21. The summed E-state index contributed by atoms with van der Waals surface area (Å²) >= 11 is 0. The van der Waals surface area contributed by atoms with Crippen LogP contribution in [0.15, 0.2) is 12.4 Å². The standard InChI is InChI=1S/C9H14N2O3S/c1-11-7-8(6-10-11)2-4-15(14)5-3-9(12)13/h6-7H,2-5H2,1H3,(H,12,13). The normalized spacial score (nSPS) is 12.6. The van der Waals surface area contributed by atoms with Crippen molar-refractivity contribution in [3.63, 3.8) is 0 Å². The van der Waals surface area contributed by atoms with Gasteiger partial charge < -0.3 is 5.11 Å². The van der Waals surface area contributed by atoms with Gasteiger partial charge in [-0.25, -0.2) is 0 Å². The molecule has 0 amide bonds. The molecule has 1 atom stereocenters. The van der Waals surface area contributed by atoms with Crippen molar-refractivity contribution in [2.75, 3.05) is 11.5 Å². The molecule has 0 aliphatic carbocycles. The maximum atomic E-state index is 11.3. The van der Waals surface area contributed by atoms with E-state index in [2.05, 4.69) is 5.10 Å². The summed E-state index contributed by atoms with van der Waals surface area (Å²) in [7, 11) is 0.775. The molecule has 1 aromatic rings. The maximum absolute atomic E-state index is 11.3. The van der Waals surface area contributed by atoms with Crippen LogP contribution in [0.5, 0.6) is 0 Å². The van der Waals surface area contributed by atoms with E-state index < -0.39 is 16.8 Å². The van der Waals surface area contributed by atoms with E-state index in [4.69, 9.17) is 5.11 Å². The van der Waals surface area contributed by atoms with Gasteiger partial charge in [-0.15, -0.1) is 0 Å². The Labute approximate surface area is 90.6 Å². The van der Waals surface area contributed by atoms with E-state index in [1.807, 2.05) is 13.2 Å². The van der Waals surface area contributed by atoms with Gasteiger partial charge in [0.1, 0.15) is 0 Å². The molecule has 1 rings (SSSR count). The second kappa shape index (κ2) is 5.65. The van der Waals surface area contributed by atoms with Gasteiger partial charge in [0.15, 0.2) is 0 Å². The zero-order chi connectivity index (χ0) is 11.3. The lowest BCUT2D eigenvalue weighted by Crippen LogP contribution is -2.09. The van der Waals surface area contributed by atoms with Gasteiger partial charge in [0, 0.05) is 35.5 Å². The highest BCUT2D eigenvalue weighted by Crippen LogP contribution is 1.99. The number of carbonyl (C=O) groups is 1. The largest absolute Gasteiger partial charge is 0.481 e. The van der Waals surface area contributed by atoms with Crippen molar-refractivity contribution in [2.24, 2.45) is 7.05 Å². The number of aliphatic carboxylic acids is 1. The fourth-order valence-electron chi connectivity index (χ4n) is 1.14. The third kappa shape index (κ3) is 4.73. The van der Waals surface area contributed by atoms with Crippen LogP contribution in [0.3, 0.4) is 0 Å². The molecular formula is C9H14N2O3S. The molecule has 0 aliphatic heterocycles. The van der Waals surface area contributed by atoms with Gasteiger partial charge in [-0.2, -0.15) is 5.10 Å². The van der Waals surface area contributed by atoms with Crippen molar-refractivity contribution in [3.05, 3.63) is 18.0 Å². The third-order valence-corrected chi connectivity index (χ3v) is 3.24. The molecule has 0 saturated carbocycles. The van der Waals surface area contributed by atoms with E-state index in [1.165, 1.54) is 0 Å². The Hall–Kier alpha value is -1.17. The molecule has 0 fully saturated rings. The quantitative estimate of drug-likeness (QED) is 0.757. The van der Waals surface area contributed by atoms with Crippen LogP contribution >= 0.6 is 0 Å². The summed E-state index contributed by atoms with van der Waals surface area (Å²) in [6.45, 7) is 0. The highest BCUT2D eigenvalue weighted by Gasteiger charge is 2.05. The van der Waals surface area contributed by atoms with Crippen molar-refractivity contribution in [1.82, 2.24) is 9.78 Å². The minimum absolute atomic E-state index is 0.0281. The smallest absolute Gasteiger partial charge is 0.304 e. The lowest BCUT2D eigenvalue weighted by atomic mass is 10.3. The maximum Gasteiger partial charge on any atom is 0.304 e. The Balaban J connectivity index is 2.25. The minimum atomic E-state index is -1.05. The number of hydrogen-bond acceptors (Lipinski definition) is 3. The van der Waals surface area contributed by atoms with E-state index in [-0.39, 0.29) is 12.2 Å². The summed E-state index contributed by atoms with van der Waals surface area (Å²) in [5, 5.41) is 12.4. The van der Waals surface area contributed by atoms with Gasteiger partial charge in [0.05, 0.1) is 12.6 Å². The van der Waals surface area contributed by atoms with Crippen molar-refractivity contribution < 1.29 is 14.1 Å². The summed E-state index contributed by atoms with van der Waals surface area (Å²) in [6, 6.07) is 0. The molecule has 1 N–H and O–H groups in total. The Kier molecular flexibility index (Phi) is 4.48. The Morgan fingerprint density at radius 1 is 1.60 bits per heavy atom. The van der Waals surface area contributed by atoms with Crippen molar-refractivity contribution in [2.45, 2.75) is 12.8 Å². The van der Waals surface area contributed by atoms with Crippen molar-refractivity contribution in [3.8, 4) is 0 Å².